The summed E-state index contributed by atoms with van der Waals surface area (Å²) in [7, 11) is 0. The minimum atomic E-state index is -0.303. The molecular formula is C16H24N4O2. The lowest BCUT2D eigenvalue weighted by atomic mass is 10.0. The highest BCUT2D eigenvalue weighted by Crippen LogP contribution is 2.23. The Morgan fingerprint density at radius 1 is 1.09 bits per heavy atom. The van der Waals surface area contributed by atoms with Gasteiger partial charge in [-0.05, 0) is 31.9 Å². The second-order valence-electron chi connectivity index (χ2n) is 5.81. The molecule has 0 radical (unpaired) electrons. The number of nitrogens with zero attached hydrogens (tertiary/aromatic N) is 1. The standard InChI is InChI=1S/C16H24N4O2/c1-11(12(2)17)15(21)18-13-7-3-4-8-14(13)19-16(22)20-9-5-6-10-20/h3-4,7-8,11-12H,5-6,9-10,17H2,1-2H3,(H,18,21)(H,19,22). The SMILES string of the molecule is CC(N)C(C)C(=O)Nc1ccccc1NC(=O)N1CCCC1. The van der Waals surface area contributed by atoms with Gasteiger partial charge in [0.25, 0.3) is 0 Å². The van der Waals surface area contributed by atoms with E-state index in [2.05, 4.69) is 10.6 Å². The van der Waals surface area contributed by atoms with Gasteiger partial charge in [0.2, 0.25) is 5.91 Å². The zero-order chi connectivity index (χ0) is 16.1. The average Bonchev–Trinajstić information content (AvgIpc) is 3.02. The zero-order valence-electron chi connectivity index (χ0n) is 13.1. The number of hydrogen-bond donors (Lipinski definition) is 3. The highest BCUT2D eigenvalue weighted by Gasteiger charge is 2.21. The van der Waals surface area contributed by atoms with Gasteiger partial charge >= 0.3 is 6.03 Å². The molecule has 2 atom stereocenters. The first-order chi connectivity index (χ1) is 10.5. The van der Waals surface area contributed by atoms with Gasteiger partial charge in [0.05, 0.1) is 17.3 Å². The molecule has 22 heavy (non-hydrogen) atoms. The average molecular weight is 304 g/mol. The van der Waals surface area contributed by atoms with Gasteiger partial charge in [-0.1, -0.05) is 19.1 Å². The van der Waals surface area contributed by atoms with Gasteiger partial charge in [-0.15, -0.1) is 0 Å². The van der Waals surface area contributed by atoms with E-state index in [1.54, 1.807) is 30.9 Å². The van der Waals surface area contributed by atoms with Crippen molar-refractivity contribution in [1.82, 2.24) is 4.90 Å². The number of carbonyl (C=O) groups excluding carboxylic acids is 2. The fraction of sp³-hybridized carbons (Fsp3) is 0.500. The summed E-state index contributed by atoms with van der Waals surface area (Å²) in [6, 6.07) is 6.83. The quantitative estimate of drug-likeness (QED) is 0.797. The highest BCUT2D eigenvalue weighted by molar-refractivity contribution is 5.99. The molecule has 1 heterocycles. The molecule has 0 spiro atoms. The molecule has 1 aliphatic rings. The van der Waals surface area contributed by atoms with E-state index in [0.717, 1.165) is 25.9 Å². The number of anilines is 2. The first-order valence-electron chi connectivity index (χ1n) is 7.70. The van der Waals surface area contributed by atoms with Crippen LogP contribution in [0.2, 0.25) is 0 Å². The van der Waals surface area contributed by atoms with Crippen LogP contribution >= 0.6 is 0 Å². The molecule has 1 saturated heterocycles. The maximum absolute atomic E-state index is 12.2. The summed E-state index contributed by atoms with van der Waals surface area (Å²) in [5.74, 6) is -0.458. The van der Waals surface area contributed by atoms with Crippen molar-refractivity contribution in [3.05, 3.63) is 24.3 Å². The second kappa shape index (κ2) is 7.26. The third-order valence-electron chi connectivity index (χ3n) is 4.02. The van der Waals surface area contributed by atoms with E-state index in [0.29, 0.717) is 11.4 Å². The van der Waals surface area contributed by atoms with Crippen LogP contribution in [0, 0.1) is 5.92 Å². The van der Waals surface area contributed by atoms with Crippen molar-refractivity contribution in [1.29, 1.82) is 0 Å². The smallest absolute Gasteiger partial charge is 0.321 e. The van der Waals surface area contributed by atoms with Gasteiger partial charge in [0, 0.05) is 19.1 Å². The number of benzene rings is 1. The maximum Gasteiger partial charge on any atom is 0.321 e. The summed E-state index contributed by atoms with van der Waals surface area (Å²) >= 11 is 0. The van der Waals surface area contributed by atoms with Crippen LogP contribution in [0.3, 0.4) is 0 Å². The number of likely N-dealkylation sites (tertiary alicyclic amines) is 1. The topological polar surface area (TPSA) is 87.5 Å². The van der Waals surface area contributed by atoms with Gasteiger partial charge < -0.3 is 21.3 Å². The van der Waals surface area contributed by atoms with E-state index in [4.69, 9.17) is 5.73 Å². The third kappa shape index (κ3) is 3.98. The Hall–Kier alpha value is -2.08. The molecular weight excluding hydrogens is 280 g/mol. The summed E-state index contributed by atoms with van der Waals surface area (Å²) in [6.07, 6.45) is 2.08. The largest absolute Gasteiger partial charge is 0.327 e. The molecule has 0 aromatic heterocycles. The van der Waals surface area contributed by atoms with Gasteiger partial charge in [-0.25, -0.2) is 4.79 Å². The van der Waals surface area contributed by atoms with Gasteiger partial charge in [-0.2, -0.15) is 0 Å². The van der Waals surface area contributed by atoms with Crippen molar-refractivity contribution >= 4 is 23.3 Å². The van der Waals surface area contributed by atoms with Crippen molar-refractivity contribution in [3.63, 3.8) is 0 Å². The molecule has 1 aliphatic heterocycles. The number of nitrogens with one attached hydrogen (secondary N) is 2. The Labute approximate surface area is 131 Å². The van der Waals surface area contributed by atoms with Gasteiger partial charge in [-0.3, -0.25) is 4.79 Å². The van der Waals surface area contributed by atoms with E-state index in [1.807, 2.05) is 12.1 Å². The first kappa shape index (κ1) is 16.3. The molecule has 2 rings (SSSR count). The van der Waals surface area contributed by atoms with Crippen LogP contribution < -0.4 is 16.4 Å². The van der Waals surface area contributed by atoms with Crippen LogP contribution in [0.25, 0.3) is 0 Å². The monoisotopic (exact) mass is 304 g/mol. The zero-order valence-corrected chi connectivity index (χ0v) is 13.1. The van der Waals surface area contributed by atoms with Crippen LogP contribution in [0.4, 0.5) is 16.2 Å². The molecule has 2 unspecified atom stereocenters. The Kier molecular flexibility index (Phi) is 5.38. The fourth-order valence-electron chi connectivity index (χ4n) is 2.30. The van der Waals surface area contributed by atoms with E-state index in [9.17, 15) is 9.59 Å². The Bertz CT molecular complexity index is 504. The molecule has 1 fully saturated rings. The summed E-state index contributed by atoms with van der Waals surface area (Å²) in [5.41, 5.74) is 6.95. The van der Waals surface area contributed by atoms with Crippen molar-refractivity contribution in [2.75, 3.05) is 23.7 Å². The van der Waals surface area contributed by atoms with Crippen LogP contribution in [0.1, 0.15) is 26.7 Å². The molecule has 1 aromatic rings. The minimum Gasteiger partial charge on any atom is -0.327 e. The Morgan fingerprint density at radius 3 is 2.18 bits per heavy atom. The van der Waals surface area contributed by atoms with Gasteiger partial charge in [0.1, 0.15) is 0 Å². The Morgan fingerprint density at radius 2 is 1.64 bits per heavy atom. The number of carbonyl (C=O) groups is 2. The molecule has 4 N–H and O–H groups in total. The van der Waals surface area contributed by atoms with Gasteiger partial charge in [0.15, 0.2) is 0 Å². The number of urea groups is 1. The van der Waals surface area contributed by atoms with E-state index in [-0.39, 0.29) is 23.9 Å². The molecule has 6 nitrogen and oxygen atoms in total. The molecule has 6 heteroatoms. The highest BCUT2D eigenvalue weighted by atomic mass is 16.2. The second-order valence-corrected chi connectivity index (χ2v) is 5.81. The minimum absolute atomic E-state index is 0.126. The van der Waals surface area contributed by atoms with E-state index in [1.165, 1.54) is 0 Å². The van der Waals surface area contributed by atoms with E-state index >= 15 is 0 Å². The number of nitrogens with two attached hydrogens (primary N) is 1. The van der Waals surface area contributed by atoms with Crippen LogP contribution in [0.5, 0.6) is 0 Å². The van der Waals surface area contributed by atoms with Crippen molar-refractivity contribution in [3.8, 4) is 0 Å². The molecule has 3 amide bonds. The van der Waals surface area contributed by atoms with E-state index < -0.39 is 0 Å². The number of amides is 3. The van der Waals surface area contributed by atoms with Crippen molar-refractivity contribution in [2.24, 2.45) is 11.7 Å². The van der Waals surface area contributed by atoms with Crippen molar-refractivity contribution < 1.29 is 9.59 Å². The molecule has 0 saturated carbocycles. The molecule has 0 bridgehead atoms. The number of para-hydroxylation sites is 2. The van der Waals surface area contributed by atoms with Crippen molar-refractivity contribution in [2.45, 2.75) is 32.7 Å². The van der Waals surface area contributed by atoms with Crippen LogP contribution in [-0.2, 0) is 4.79 Å². The third-order valence-corrected chi connectivity index (χ3v) is 4.02. The lowest BCUT2D eigenvalue weighted by Gasteiger charge is -2.20. The molecule has 120 valence electrons. The summed E-state index contributed by atoms with van der Waals surface area (Å²) < 4.78 is 0. The lowest BCUT2D eigenvalue weighted by molar-refractivity contribution is -0.119. The number of hydrogen-bond acceptors (Lipinski definition) is 3. The Balaban J connectivity index is 2.06. The molecule has 1 aromatic carbocycles. The van der Waals surface area contributed by atoms with Crippen LogP contribution in [-0.4, -0.2) is 36.0 Å². The predicted molar refractivity (Wildman–Crippen MR) is 87.7 cm³/mol. The first-order valence-corrected chi connectivity index (χ1v) is 7.70. The summed E-state index contributed by atoms with van der Waals surface area (Å²) in [5, 5.41) is 5.70. The molecule has 0 aliphatic carbocycles. The van der Waals surface area contributed by atoms with Crippen LogP contribution in [0.15, 0.2) is 24.3 Å². The fourth-order valence-corrected chi connectivity index (χ4v) is 2.30. The predicted octanol–water partition coefficient (Wildman–Crippen LogP) is 2.24. The summed E-state index contributed by atoms with van der Waals surface area (Å²) in [6.45, 7) is 5.14. The normalized spacial score (nSPS) is 17.0. The lowest BCUT2D eigenvalue weighted by Crippen LogP contribution is -2.35. The number of rotatable bonds is 4. The maximum atomic E-state index is 12.2. The summed E-state index contributed by atoms with van der Waals surface area (Å²) in [4.78, 5) is 26.1.